The topological polar surface area (TPSA) is 57.6 Å². The lowest BCUT2D eigenvalue weighted by atomic mass is 9.97. The van der Waals surface area contributed by atoms with Gasteiger partial charge in [-0.05, 0) is 47.0 Å². The van der Waals surface area contributed by atoms with E-state index in [0.717, 1.165) is 0 Å². The Morgan fingerprint density at radius 1 is 1.42 bits per heavy atom. The first-order chi connectivity index (χ1) is 8.99. The molecule has 0 aromatic heterocycles. The maximum absolute atomic E-state index is 12.4. The predicted molar refractivity (Wildman–Crippen MR) is 75.4 cm³/mol. The average Bonchev–Trinajstić information content (AvgIpc) is 2.41. The van der Waals surface area contributed by atoms with Gasteiger partial charge >= 0.3 is 5.97 Å². The van der Waals surface area contributed by atoms with Crippen molar-refractivity contribution in [2.75, 3.05) is 13.1 Å². The third-order valence-corrected chi connectivity index (χ3v) is 4.14. The minimum atomic E-state index is -0.845. The van der Waals surface area contributed by atoms with Crippen molar-refractivity contribution in [3.63, 3.8) is 0 Å². The third-order valence-electron chi connectivity index (χ3n) is 3.22. The van der Waals surface area contributed by atoms with Crippen molar-refractivity contribution in [3.8, 4) is 0 Å². The molecule has 19 heavy (non-hydrogen) atoms. The second-order valence-electron chi connectivity index (χ2n) is 4.55. The van der Waals surface area contributed by atoms with E-state index in [1.807, 2.05) is 0 Å². The molecule has 0 bridgehead atoms. The van der Waals surface area contributed by atoms with E-state index in [9.17, 15) is 9.59 Å². The molecule has 4 nitrogen and oxygen atoms in total. The number of nitrogens with zero attached hydrogens (tertiary/aromatic N) is 1. The van der Waals surface area contributed by atoms with Gasteiger partial charge < -0.3 is 10.0 Å². The number of amides is 1. The lowest BCUT2D eigenvalue weighted by molar-refractivity contribution is -0.143. The predicted octanol–water partition coefficient (Wildman–Crippen LogP) is 3.04. The summed E-state index contributed by atoms with van der Waals surface area (Å²) in [6.07, 6.45) is 1.33. The van der Waals surface area contributed by atoms with Crippen LogP contribution in [0, 0.1) is 5.92 Å². The van der Waals surface area contributed by atoms with Crippen molar-refractivity contribution in [1.82, 2.24) is 4.90 Å². The zero-order valence-electron chi connectivity index (χ0n) is 10.1. The Morgan fingerprint density at radius 3 is 2.84 bits per heavy atom. The van der Waals surface area contributed by atoms with Gasteiger partial charge in [0, 0.05) is 22.6 Å². The van der Waals surface area contributed by atoms with Crippen LogP contribution in [-0.2, 0) is 4.79 Å². The molecule has 1 saturated heterocycles. The van der Waals surface area contributed by atoms with Crippen LogP contribution in [0.15, 0.2) is 22.7 Å². The summed E-state index contributed by atoms with van der Waals surface area (Å²) >= 11 is 9.21. The number of aliphatic carboxylic acids is 1. The van der Waals surface area contributed by atoms with E-state index in [1.165, 1.54) is 0 Å². The van der Waals surface area contributed by atoms with Gasteiger partial charge in [-0.1, -0.05) is 11.6 Å². The molecule has 1 atom stereocenters. The molecular formula is C13H13BrClNO3. The Hall–Kier alpha value is -1.07. The SMILES string of the molecule is O=C(O)[C@H]1CCCN(C(=O)c2cc(Cl)ccc2Br)C1. The molecule has 2 rings (SSSR count). The Morgan fingerprint density at radius 2 is 2.16 bits per heavy atom. The summed E-state index contributed by atoms with van der Waals surface area (Å²) < 4.78 is 0.666. The van der Waals surface area contributed by atoms with Crippen LogP contribution in [0.2, 0.25) is 5.02 Å². The fraction of sp³-hybridized carbons (Fsp3) is 0.385. The first-order valence-electron chi connectivity index (χ1n) is 5.96. The third kappa shape index (κ3) is 3.28. The van der Waals surface area contributed by atoms with Crippen molar-refractivity contribution in [2.24, 2.45) is 5.92 Å². The number of benzene rings is 1. The van der Waals surface area contributed by atoms with Crippen molar-refractivity contribution in [3.05, 3.63) is 33.3 Å². The maximum Gasteiger partial charge on any atom is 0.308 e. The molecule has 102 valence electrons. The average molecular weight is 347 g/mol. The minimum absolute atomic E-state index is 0.180. The van der Waals surface area contributed by atoms with Gasteiger partial charge in [0.25, 0.3) is 5.91 Å². The lowest BCUT2D eigenvalue weighted by Gasteiger charge is -2.31. The van der Waals surface area contributed by atoms with Gasteiger partial charge in [-0.25, -0.2) is 0 Å². The van der Waals surface area contributed by atoms with Gasteiger partial charge in [0.1, 0.15) is 0 Å². The number of halogens is 2. The molecule has 6 heteroatoms. The van der Waals surface area contributed by atoms with E-state index in [0.29, 0.717) is 34.4 Å². The van der Waals surface area contributed by atoms with Crippen LogP contribution in [0.4, 0.5) is 0 Å². The van der Waals surface area contributed by atoms with Gasteiger partial charge in [0.2, 0.25) is 0 Å². The Balaban J connectivity index is 2.19. The summed E-state index contributed by atoms with van der Waals surface area (Å²) in [5, 5.41) is 9.52. The molecule has 1 heterocycles. The molecule has 1 aromatic rings. The largest absolute Gasteiger partial charge is 0.481 e. The summed E-state index contributed by atoms with van der Waals surface area (Å²) in [6.45, 7) is 0.842. The Kier molecular flexibility index (Phi) is 4.47. The van der Waals surface area contributed by atoms with Crippen LogP contribution in [0.1, 0.15) is 23.2 Å². The zero-order valence-corrected chi connectivity index (χ0v) is 12.4. The molecule has 0 saturated carbocycles. The van der Waals surface area contributed by atoms with Crippen LogP contribution in [0.5, 0.6) is 0 Å². The van der Waals surface area contributed by atoms with Crippen LogP contribution in [0.3, 0.4) is 0 Å². The monoisotopic (exact) mass is 345 g/mol. The van der Waals surface area contributed by atoms with Crippen LogP contribution >= 0.6 is 27.5 Å². The fourth-order valence-electron chi connectivity index (χ4n) is 2.19. The summed E-state index contributed by atoms with van der Waals surface area (Å²) in [7, 11) is 0. The first kappa shape index (κ1) is 14.3. The fourth-order valence-corrected chi connectivity index (χ4v) is 2.78. The van der Waals surface area contributed by atoms with E-state index in [1.54, 1.807) is 23.1 Å². The number of carboxylic acid groups (broad SMARTS) is 1. The normalized spacial score (nSPS) is 19.3. The maximum atomic E-state index is 12.4. The quantitative estimate of drug-likeness (QED) is 0.895. The number of carbonyl (C=O) groups is 2. The first-order valence-corrected chi connectivity index (χ1v) is 7.13. The molecule has 1 N–H and O–H groups in total. The Bertz CT molecular complexity index is 521. The van der Waals surface area contributed by atoms with E-state index in [4.69, 9.17) is 16.7 Å². The van der Waals surface area contributed by atoms with Crippen molar-refractivity contribution in [1.29, 1.82) is 0 Å². The standard InChI is InChI=1S/C13H13BrClNO3/c14-11-4-3-9(15)6-10(11)12(17)16-5-1-2-8(7-16)13(18)19/h3-4,6,8H,1-2,5,7H2,(H,18,19)/t8-/m0/s1. The molecule has 0 radical (unpaired) electrons. The highest BCUT2D eigenvalue weighted by molar-refractivity contribution is 9.10. The molecule has 0 spiro atoms. The van der Waals surface area contributed by atoms with E-state index in [2.05, 4.69) is 15.9 Å². The molecule has 1 aliphatic heterocycles. The summed E-state index contributed by atoms with van der Waals surface area (Å²) in [4.78, 5) is 25.0. The molecule has 1 aliphatic rings. The number of piperidine rings is 1. The molecule has 0 aliphatic carbocycles. The molecular weight excluding hydrogens is 334 g/mol. The smallest absolute Gasteiger partial charge is 0.308 e. The minimum Gasteiger partial charge on any atom is -0.481 e. The molecule has 0 unspecified atom stereocenters. The Labute approximate surface area is 124 Å². The number of likely N-dealkylation sites (tertiary alicyclic amines) is 1. The number of carbonyl (C=O) groups excluding carboxylic acids is 1. The number of hydrogen-bond acceptors (Lipinski definition) is 2. The number of carboxylic acids is 1. The van der Waals surface area contributed by atoms with E-state index < -0.39 is 11.9 Å². The van der Waals surface area contributed by atoms with E-state index in [-0.39, 0.29) is 12.5 Å². The summed E-state index contributed by atoms with van der Waals surface area (Å²) in [5.41, 5.74) is 0.471. The second-order valence-corrected chi connectivity index (χ2v) is 5.84. The van der Waals surface area contributed by atoms with Gasteiger partial charge in [-0.15, -0.1) is 0 Å². The summed E-state index contributed by atoms with van der Waals surface area (Å²) in [5.74, 6) is -1.50. The van der Waals surface area contributed by atoms with Gasteiger partial charge in [-0.2, -0.15) is 0 Å². The molecule has 1 amide bonds. The molecule has 1 fully saturated rings. The van der Waals surface area contributed by atoms with Gasteiger partial charge in [0.05, 0.1) is 11.5 Å². The zero-order chi connectivity index (χ0) is 14.0. The number of rotatable bonds is 2. The van der Waals surface area contributed by atoms with Crippen LogP contribution in [0.25, 0.3) is 0 Å². The van der Waals surface area contributed by atoms with Crippen molar-refractivity contribution < 1.29 is 14.7 Å². The highest BCUT2D eigenvalue weighted by Crippen LogP contribution is 2.25. The highest BCUT2D eigenvalue weighted by atomic mass is 79.9. The van der Waals surface area contributed by atoms with Crippen LogP contribution < -0.4 is 0 Å². The van der Waals surface area contributed by atoms with Gasteiger partial charge in [-0.3, -0.25) is 9.59 Å². The second kappa shape index (κ2) is 5.92. The van der Waals surface area contributed by atoms with Crippen molar-refractivity contribution in [2.45, 2.75) is 12.8 Å². The van der Waals surface area contributed by atoms with Crippen LogP contribution in [-0.4, -0.2) is 35.0 Å². The van der Waals surface area contributed by atoms with Gasteiger partial charge in [0.15, 0.2) is 0 Å². The van der Waals surface area contributed by atoms with Crippen molar-refractivity contribution >= 4 is 39.4 Å². The summed E-state index contributed by atoms with van der Waals surface area (Å²) in [6, 6.07) is 5.01. The lowest BCUT2D eigenvalue weighted by Crippen LogP contribution is -2.42. The highest BCUT2D eigenvalue weighted by Gasteiger charge is 2.29. The number of hydrogen-bond donors (Lipinski definition) is 1. The van der Waals surface area contributed by atoms with E-state index >= 15 is 0 Å². The molecule has 1 aromatic carbocycles.